The second-order valence-corrected chi connectivity index (χ2v) is 7.84. The van der Waals surface area contributed by atoms with Crippen LogP contribution in [0.5, 0.6) is 0 Å². The maximum absolute atomic E-state index is 12.4. The number of unbranched alkanes of at least 4 members (excludes halogenated alkanes) is 2. The van der Waals surface area contributed by atoms with E-state index >= 15 is 0 Å². The summed E-state index contributed by atoms with van der Waals surface area (Å²) in [5.41, 5.74) is 2.39. The minimum atomic E-state index is -0.793. The average molecular weight is 340 g/mol. The predicted molar refractivity (Wildman–Crippen MR) is 101 cm³/mol. The summed E-state index contributed by atoms with van der Waals surface area (Å²) < 4.78 is 14.4. The first-order valence-electron chi connectivity index (χ1n) is 8.53. The topological polar surface area (TPSA) is 34.9 Å². The summed E-state index contributed by atoms with van der Waals surface area (Å²) in [6.07, 6.45) is 7.16. The third-order valence-corrected chi connectivity index (χ3v) is 5.59. The first-order valence-corrected chi connectivity index (χ1v) is 10.0. The lowest BCUT2D eigenvalue weighted by Gasteiger charge is -2.07. The van der Waals surface area contributed by atoms with Gasteiger partial charge in [-0.05, 0) is 41.7 Å². The van der Waals surface area contributed by atoms with Crippen LogP contribution < -0.4 is 0 Å². The molecule has 0 spiro atoms. The van der Waals surface area contributed by atoms with Crippen molar-refractivity contribution in [3.05, 3.63) is 66.0 Å². The normalized spacial score (nSPS) is 12.5. The smallest absolute Gasteiger partial charge is 0.0518 e. The molecule has 3 rings (SSSR count). The number of benzene rings is 2. The zero-order chi connectivity index (χ0) is 16.8. The number of aryl methyl sites for hydroxylation is 2. The highest BCUT2D eigenvalue weighted by molar-refractivity contribution is 7.84. The molecule has 0 bridgehead atoms. The second kappa shape index (κ2) is 8.25. The molecule has 24 heavy (non-hydrogen) atoms. The maximum atomic E-state index is 12.4. The molecule has 0 aliphatic rings. The fourth-order valence-electron chi connectivity index (χ4n) is 2.97. The summed E-state index contributed by atoms with van der Waals surface area (Å²) in [5.74, 6) is 1.43. The van der Waals surface area contributed by atoms with E-state index in [1.54, 1.807) is 0 Å². The van der Waals surface area contributed by atoms with Crippen molar-refractivity contribution in [1.82, 2.24) is 9.78 Å². The van der Waals surface area contributed by atoms with Crippen molar-refractivity contribution in [1.29, 1.82) is 0 Å². The minimum absolute atomic E-state index is 0.652. The maximum Gasteiger partial charge on any atom is 0.0518 e. The van der Waals surface area contributed by atoms with Gasteiger partial charge >= 0.3 is 0 Å². The van der Waals surface area contributed by atoms with Crippen LogP contribution >= 0.6 is 0 Å². The van der Waals surface area contributed by atoms with E-state index in [0.717, 1.165) is 31.6 Å². The Balaban J connectivity index is 1.44. The third-order valence-electron chi connectivity index (χ3n) is 4.22. The first kappa shape index (κ1) is 16.9. The number of rotatable bonds is 8. The van der Waals surface area contributed by atoms with Crippen LogP contribution in [-0.4, -0.2) is 19.7 Å². The van der Waals surface area contributed by atoms with Crippen molar-refractivity contribution in [2.45, 2.75) is 38.5 Å². The lowest BCUT2D eigenvalue weighted by atomic mass is 10.1. The van der Waals surface area contributed by atoms with Gasteiger partial charge in [0.05, 0.1) is 6.20 Å². The van der Waals surface area contributed by atoms with E-state index in [1.807, 2.05) is 23.0 Å². The summed E-state index contributed by atoms with van der Waals surface area (Å²) >= 11 is 0. The lowest BCUT2D eigenvalue weighted by Crippen LogP contribution is -2.03. The molecule has 0 aliphatic heterocycles. The largest absolute Gasteiger partial charge is 0.272 e. The van der Waals surface area contributed by atoms with Crippen LogP contribution in [0.1, 0.15) is 30.4 Å². The van der Waals surface area contributed by atoms with E-state index < -0.39 is 10.8 Å². The highest BCUT2D eigenvalue weighted by atomic mass is 32.2. The SMILES string of the molecule is Cc1cnn(CCCCC[S@](=O)Cc2cccc3ccccc23)c1. The Morgan fingerprint density at radius 3 is 2.71 bits per heavy atom. The van der Waals surface area contributed by atoms with Gasteiger partial charge in [-0.15, -0.1) is 0 Å². The Hall–Kier alpha value is -1.94. The van der Waals surface area contributed by atoms with Gasteiger partial charge in [-0.25, -0.2) is 0 Å². The highest BCUT2D eigenvalue weighted by Gasteiger charge is 2.05. The fraction of sp³-hybridized carbons (Fsp3) is 0.350. The van der Waals surface area contributed by atoms with E-state index in [4.69, 9.17) is 0 Å². The van der Waals surface area contributed by atoms with Gasteiger partial charge < -0.3 is 0 Å². The monoisotopic (exact) mass is 340 g/mol. The van der Waals surface area contributed by atoms with Crippen LogP contribution in [-0.2, 0) is 23.1 Å². The Kier molecular flexibility index (Phi) is 5.81. The molecule has 3 nitrogen and oxygen atoms in total. The molecular weight excluding hydrogens is 316 g/mol. The Bertz CT molecular complexity index is 820. The zero-order valence-corrected chi connectivity index (χ0v) is 15.0. The van der Waals surface area contributed by atoms with Gasteiger partial charge in [0.25, 0.3) is 0 Å². The van der Waals surface area contributed by atoms with Crippen LogP contribution in [0.3, 0.4) is 0 Å². The number of hydrogen-bond donors (Lipinski definition) is 0. The Labute approximate surface area is 146 Å². The van der Waals surface area contributed by atoms with E-state index in [1.165, 1.54) is 21.9 Å². The van der Waals surface area contributed by atoms with Gasteiger partial charge in [-0.1, -0.05) is 48.9 Å². The Morgan fingerprint density at radius 2 is 1.88 bits per heavy atom. The molecule has 3 aromatic rings. The number of hydrogen-bond acceptors (Lipinski definition) is 2. The van der Waals surface area contributed by atoms with Gasteiger partial charge in [0, 0.05) is 35.0 Å². The lowest BCUT2D eigenvalue weighted by molar-refractivity contribution is 0.553. The average Bonchev–Trinajstić information content (AvgIpc) is 3.00. The van der Waals surface area contributed by atoms with E-state index in [0.29, 0.717) is 5.75 Å². The van der Waals surface area contributed by atoms with Crippen molar-refractivity contribution >= 4 is 21.6 Å². The standard InChI is InChI=1S/C20H24N2OS/c1-17-14-21-22(15-17)12-5-2-6-13-24(23)16-19-10-7-9-18-8-3-4-11-20(18)19/h3-4,7-11,14-15H,2,5-6,12-13,16H2,1H3/t24-/m0/s1. The predicted octanol–water partition coefficient (Wildman–Crippen LogP) is 4.46. The van der Waals surface area contributed by atoms with E-state index in [2.05, 4.69) is 48.6 Å². The molecule has 0 saturated carbocycles. The molecule has 0 radical (unpaired) electrons. The molecule has 0 saturated heterocycles. The molecule has 0 fully saturated rings. The number of fused-ring (bicyclic) bond motifs is 1. The molecule has 1 aromatic heterocycles. The Morgan fingerprint density at radius 1 is 1.04 bits per heavy atom. The molecule has 0 unspecified atom stereocenters. The quantitative estimate of drug-likeness (QED) is 0.567. The fourth-order valence-corrected chi connectivity index (χ4v) is 4.24. The van der Waals surface area contributed by atoms with Gasteiger partial charge in [-0.2, -0.15) is 5.10 Å². The summed E-state index contributed by atoms with van der Waals surface area (Å²) in [5, 5.41) is 6.74. The number of aromatic nitrogens is 2. The molecular formula is C20H24N2OS. The molecule has 4 heteroatoms. The van der Waals surface area contributed by atoms with Crippen LogP contribution in [0.2, 0.25) is 0 Å². The van der Waals surface area contributed by atoms with Crippen LogP contribution in [0.4, 0.5) is 0 Å². The van der Waals surface area contributed by atoms with E-state index in [-0.39, 0.29) is 0 Å². The molecule has 0 amide bonds. The van der Waals surface area contributed by atoms with Gasteiger partial charge in [-0.3, -0.25) is 8.89 Å². The van der Waals surface area contributed by atoms with Crippen molar-refractivity contribution in [3.63, 3.8) is 0 Å². The minimum Gasteiger partial charge on any atom is -0.272 e. The van der Waals surface area contributed by atoms with Crippen molar-refractivity contribution < 1.29 is 4.21 Å². The third kappa shape index (κ3) is 4.54. The zero-order valence-electron chi connectivity index (χ0n) is 14.1. The van der Waals surface area contributed by atoms with Crippen LogP contribution in [0, 0.1) is 6.92 Å². The molecule has 1 atom stereocenters. The van der Waals surface area contributed by atoms with Crippen LogP contribution in [0.25, 0.3) is 10.8 Å². The van der Waals surface area contributed by atoms with Gasteiger partial charge in [0.15, 0.2) is 0 Å². The van der Waals surface area contributed by atoms with Crippen molar-refractivity contribution in [3.8, 4) is 0 Å². The summed E-state index contributed by atoms with van der Waals surface area (Å²) in [4.78, 5) is 0. The van der Waals surface area contributed by atoms with Gasteiger partial charge in [0.1, 0.15) is 0 Å². The molecule has 126 valence electrons. The summed E-state index contributed by atoms with van der Waals surface area (Å²) in [6, 6.07) is 14.6. The molecule has 0 aliphatic carbocycles. The van der Waals surface area contributed by atoms with Crippen molar-refractivity contribution in [2.24, 2.45) is 0 Å². The van der Waals surface area contributed by atoms with Crippen LogP contribution in [0.15, 0.2) is 54.9 Å². The molecule has 0 N–H and O–H groups in total. The number of nitrogens with zero attached hydrogens (tertiary/aromatic N) is 2. The molecule has 2 aromatic carbocycles. The second-order valence-electron chi connectivity index (χ2n) is 6.27. The summed E-state index contributed by atoms with van der Waals surface area (Å²) in [7, 11) is -0.793. The van der Waals surface area contributed by atoms with E-state index in [9.17, 15) is 4.21 Å². The van der Waals surface area contributed by atoms with Crippen molar-refractivity contribution in [2.75, 3.05) is 5.75 Å². The first-order chi connectivity index (χ1) is 11.7. The summed E-state index contributed by atoms with van der Waals surface area (Å²) in [6.45, 7) is 3.00. The molecule has 1 heterocycles. The van der Waals surface area contributed by atoms with Gasteiger partial charge in [0.2, 0.25) is 0 Å². The highest BCUT2D eigenvalue weighted by Crippen LogP contribution is 2.20.